The molecule has 1 aromatic carbocycles. The maximum absolute atomic E-state index is 14.4. The molecule has 14 heteroatoms. The van der Waals surface area contributed by atoms with E-state index in [9.17, 15) is 40.7 Å². The SMILES string of the molecule is CC(C)(C)OC(=O)NC(CC(=O)N1CCn2c(C(F)(F)F)nc(C(=O)C3CCCC3)c2C1)Cc1cc(F)c(F)cc1F. The third-order valence-corrected chi connectivity index (χ3v) is 7.27. The van der Waals surface area contributed by atoms with E-state index in [2.05, 4.69) is 10.3 Å². The van der Waals surface area contributed by atoms with Crippen molar-refractivity contribution < 1.29 is 45.5 Å². The number of Topliss-reactive ketones (excluding diaryl/α,β-unsaturated/α-hetero) is 1. The second-order valence-electron chi connectivity index (χ2n) is 11.7. The summed E-state index contributed by atoms with van der Waals surface area (Å²) in [4.78, 5) is 43.9. The molecule has 1 aliphatic heterocycles. The number of carbonyl (C=O) groups excluding carboxylic acids is 3. The normalized spacial score (nSPS) is 16.7. The molecule has 0 saturated heterocycles. The summed E-state index contributed by atoms with van der Waals surface area (Å²) in [5.74, 6) is -6.57. The standard InChI is InChI=1S/C28H32F6N4O4/c1-27(2,3)42-26(41)35-17(10-16-11-19(30)20(31)13-18(16)29)12-22(39)37-8-9-38-21(14-37)23(36-25(38)28(32,33)34)24(40)15-6-4-5-7-15/h11,13,15,17H,4-10,12,14H2,1-3H3,(H,35,41). The fraction of sp³-hybridized carbons (Fsp3) is 0.571. The summed E-state index contributed by atoms with van der Waals surface area (Å²) in [5.41, 5.74) is -1.56. The zero-order chi connectivity index (χ0) is 31.0. The van der Waals surface area contributed by atoms with Gasteiger partial charge in [0.25, 0.3) is 0 Å². The molecule has 230 valence electrons. The minimum absolute atomic E-state index is 0.0258. The van der Waals surface area contributed by atoms with Crippen LogP contribution in [0.2, 0.25) is 0 Å². The lowest BCUT2D eigenvalue weighted by atomic mass is 9.98. The summed E-state index contributed by atoms with van der Waals surface area (Å²) in [5, 5.41) is 2.45. The molecule has 4 rings (SSSR count). The van der Waals surface area contributed by atoms with Gasteiger partial charge in [-0.2, -0.15) is 13.2 Å². The van der Waals surface area contributed by atoms with Crippen LogP contribution >= 0.6 is 0 Å². The van der Waals surface area contributed by atoms with E-state index in [1.165, 1.54) is 4.90 Å². The van der Waals surface area contributed by atoms with Gasteiger partial charge >= 0.3 is 12.3 Å². The van der Waals surface area contributed by atoms with Crippen LogP contribution in [-0.2, 0) is 35.2 Å². The predicted molar refractivity (Wildman–Crippen MR) is 137 cm³/mol. The summed E-state index contributed by atoms with van der Waals surface area (Å²) in [6.07, 6.45) is -3.97. The molecule has 0 radical (unpaired) electrons. The van der Waals surface area contributed by atoms with Crippen LogP contribution in [0, 0.1) is 23.4 Å². The first kappa shape index (κ1) is 31.4. The third-order valence-electron chi connectivity index (χ3n) is 7.27. The van der Waals surface area contributed by atoms with Crippen molar-refractivity contribution in [1.82, 2.24) is 19.8 Å². The van der Waals surface area contributed by atoms with Gasteiger partial charge in [0, 0.05) is 37.5 Å². The molecule has 2 aromatic rings. The van der Waals surface area contributed by atoms with Gasteiger partial charge in [0.15, 0.2) is 17.4 Å². The van der Waals surface area contributed by atoms with Gasteiger partial charge in [0.2, 0.25) is 11.7 Å². The molecule has 1 aliphatic carbocycles. The number of nitrogens with one attached hydrogen (secondary N) is 1. The number of imidazole rings is 1. The Bertz CT molecular complexity index is 1360. The van der Waals surface area contributed by atoms with Gasteiger partial charge in [-0.3, -0.25) is 9.59 Å². The Morgan fingerprint density at radius 1 is 1.02 bits per heavy atom. The second-order valence-corrected chi connectivity index (χ2v) is 11.7. The van der Waals surface area contributed by atoms with Gasteiger partial charge in [-0.15, -0.1) is 0 Å². The Morgan fingerprint density at radius 2 is 1.67 bits per heavy atom. The largest absolute Gasteiger partial charge is 0.449 e. The molecule has 1 unspecified atom stereocenters. The van der Waals surface area contributed by atoms with Gasteiger partial charge in [-0.25, -0.2) is 22.9 Å². The fourth-order valence-corrected chi connectivity index (χ4v) is 5.35. The molecule has 1 atom stereocenters. The van der Waals surface area contributed by atoms with Crippen LogP contribution in [0.1, 0.15) is 80.4 Å². The number of halogens is 6. The molecule has 42 heavy (non-hydrogen) atoms. The minimum atomic E-state index is -4.81. The minimum Gasteiger partial charge on any atom is -0.444 e. The van der Waals surface area contributed by atoms with E-state index in [0.717, 1.165) is 17.4 Å². The van der Waals surface area contributed by atoms with E-state index in [1.807, 2.05) is 0 Å². The summed E-state index contributed by atoms with van der Waals surface area (Å²) in [6, 6.07) is -0.175. The molecule has 0 bridgehead atoms. The monoisotopic (exact) mass is 602 g/mol. The summed E-state index contributed by atoms with van der Waals surface area (Å²) < 4.78 is 89.2. The number of aromatic nitrogens is 2. The molecule has 0 spiro atoms. The van der Waals surface area contributed by atoms with Gasteiger partial charge in [0.05, 0.1) is 12.2 Å². The maximum Gasteiger partial charge on any atom is 0.449 e. The first-order valence-corrected chi connectivity index (χ1v) is 13.6. The number of ether oxygens (including phenoxy) is 1. The summed E-state index contributed by atoms with van der Waals surface area (Å²) in [6.45, 7) is 4.02. The molecule has 1 N–H and O–H groups in total. The van der Waals surface area contributed by atoms with E-state index in [0.29, 0.717) is 25.0 Å². The number of alkyl carbamates (subject to hydrolysis) is 1. The molecule has 8 nitrogen and oxygen atoms in total. The summed E-state index contributed by atoms with van der Waals surface area (Å²) >= 11 is 0. The topological polar surface area (TPSA) is 93.5 Å². The van der Waals surface area contributed by atoms with Crippen LogP contribution in [0.15, 0.2) is 12.1 Å². The lowest BCUT2D eigenvalue weighted by Gasteiger charge is -2.31. The number of nitrogens with zero attached hydrogens (tertiary/aromatic N) is 3. The van der Waals surface area contributed by atoms with Crippen LogP contribution < -0.4 is 5.32 Å². The van der Waals surface area contributed by atoms with E-state index >= 15 is 0 Å². The highest BCUT2D eigenvalue weighted by molar-refractivity contribution is 5.97. The van der Waals surface area contributed by atoms with Crippen LogP contribution in [0.25, 0.3) is 0 Å². The highest BCUT2D eigenvalue weighted by atomic mass is 19.4. The molecule has 1 fully saturated rings. The number of hydrogen-bond acceptors (Lipinski definition) is 5. The molecule has 2 aliphatic rings. The van der Waals surface area contributed by atoms with Crippen molar-refractivity contribution in [3.05, 3.63) is 52.4 Å². The van der Waals surface area contributed by atoms with E-state index in [-0.39, 0.29) is 36.6 Å². The van der Waals surface area contributed by atoms with Crippen LogP contribution in [0.5, 0.6) is 0 Å². The Morgan fingerprint density at radius 3 is 2.29 bits per heavy atom. The number of amides is 2. The smallest absolute Gasteiger partial charge is 0.444 e. The number of ketones is 1. The molecule has 2 amide bonds. The Balaban J connectivity index is 1.58. The molecule has 1 saturated carbocycles. The first-order valence-electron chi connectivity index (χ1n) is 13.6. The van der Waals surface area contributed by atoms with Gasteiger partial charge in [-0.1, -0.05) is 12.8 Å². The highest BCUT2D eigenvalue weighted by Crippen LogP contribution is 2.35. The summed E-state index contributed by atoms with van der Waals surface area (Å²) in [7, 11) is 0. The molecular weight excluding hydrogens is 570 g/mol. The Hall–Kier alpha value is -3.58. The van der Waals surface area contributed by atoms with Crippen LogP contribution in [0.4, 0.5) is 31.1 Å². The van der Waals surface area contributed by atoms with Gasteiger partial charge in [-0.05, 0) is 51.7 Å². The average Bonchev–Trinajstić information content (AvgIpc) is 3.53. The Labute approximate surface area is 238 Å². The third kappa shape index (κ3) is 7.24. The lowest BCUT2D eigenvalue weighted by molar-refractivity contribution is -0.148. The molecular formula is C28H32F6N4O4. The zero-order valence-corrected chi connectivity index (χ0v) is 23.4. The quantitative estimate of drug-likeness (QED) is 0.255. The van der Waals surface area contributed by atoms with E-state index in [4.69, 9.17) is 4.74 Å². The van der Waals surface area contributed by atoms with E-state index < -0.39 is 77.6 Å². The maximum atomic E-state index is 14.4. The fourth-order valence-electron chi connectivity index (χ4n) is 5.35. The van der Waals surface area contributed by atoms with Crippen molar-refractivity contribution in [2.45, 2.75) is 90.2 Å². The van der Waals surface area contributed by atoms with Crippen molar-refractivity contribution in [1.29, 1.82) is 0 Å². The number of fused-ring (bicyclic) bond motifs is 1. The van der Waals surface area contributed by atoms with Crippen molar-refractivity contribution in [2.75, 3.05) is 6.54 Å². The van der Waals surface area contributed by atoms with Crippen molar-refractivity contribution >= 4 is 17.8 Å². The van der Waals surface area contributed by atoms with Gasteiger partial charge < -0.3 is 19.5 Å². The molecule has 2 heterocycles. The lowest BCUT2D eigenvalue weighted by Crippen LogP contribution is -2.45. The van der Waals surface area contributed by atoms with Crippen molar-refractivity contribution in [2.24, 2.45) is 5.92 Å². The Kier molecular flexibility index (Phi) is 8.93. The van der Waals surface area contributed by atoms with Crippen molar-refractivity contribution in [3.8, 4) is 0 Å². The first-order chi connectivity index (χ1) is 19.5. The van der Waals surface area contributed by atoms with Crippen molar-refractivity contribution in [3.63, 3.8) is 0 Å². The van der Waals surface area contributed by atoms with E-state index in [1.54, 1.807) is 20.8 Å². The average molecular weight is 603 g/mol. The number of carbonyl (C=O) groups is 3. The van der Waals surface area contributed by atoms with Crippen LogP contribution in [0.3, 0.4) is 0 Å². The highest BCUT2D eigenvalue weighted by Gasteiger charge is 2.42. The predicted octanol–water partition coefficient (Wildman–Crippen LogP) is 5.56. The van der Waals surface area contributed by atoms with Gasteiger partial charge in [0.1, 0.15) is 17.1 Å². The second kappa shape index (κ2) is 12.0. The van der Waals surface area contributed by atoms with Crippen LogP contribution in [-0.4, -0.2) is 50.4 Å². The number of rotatable bonds is 7. The molecule has 1 aromatic heterocycles. The number of alkyl halides is 3. The number of hydrogen-bond donors (Lipinski definition) is 1. The number of benzene rings is 1. The zero-order valence-electron chi connectivity index (χ0n) is 23.4.